The van der Waals surface area contributed by atoms with Crippen molar-refractivity contribution in [3.8, 4) is 0 Å². The van der Waals surface area contributed by atoms with Gasteiger partial charge in [0.1, 0.15) is 5.76 Å². The average Bonchev–Trinajstić information content (AvgIpc) is 3.03. The zero-order valence-electron chi connectivity index (χ0n) is 12.1. The Labute approximate surface area is 137 Å². The molecule has 0 radical (unpaired) electrons. The minimum Gasteiger partial charge on any atom is -0.469 e. The van der Waals surface area contributed by atoms with Crippen LogP contribution in [0, 0.1) is 5.92 Å². The molecule has 0 spiro atoms. The van der Waals surface area contributed by atoms with Gasteiger partial charge in [-0.3, -0.25) is 14.4 Å². The van der Waals surface area contributed by atoms with Gasteiger partial charge >= 0.3 is 0 Å². The van der Waals surface area contributed by atoms with E-state index >= 15 is 0 Å². The Balaban J connectivity index is 1.70. The lowest BCUT2D eigenvalue weighted by Crippen LogP contribution is -2.40. The van der Waals surface area contributed by atoms with Crippen LogP contribution >= 0.6 is 11.6 Å². The molecule has 1 aromatic heterocycles. The van der Waals surface area contributed by atoms with Gasteiger partial charge in [0.2, 0.25) is 5.91 Å². The van der Waals surface area contributed by atoms with E-state index in [0.29, 0.717) is 16.5 Å². The molecule has 1 aliphatic rings. The summed E-state index contributed by atoms with van der Waals surface area (Å²) in [6, 6.07) is 9.92. The van der Waals surface area contributed by atoms with Gasteiger partial charge in [-0.1, -0.05) is 11.6 Å². The van der Waals surface area contributed by atoms with Gasteiger partial charge in [-0.25, -0.2) is 0 Å². The number of benzene rings is 1. The van der Waals surface area contributed by atoms with Gasteiger partial charge in [-0.15, -0.1) is 0 Å². The third-order valence-corrected chi connectivity index (χ3v) is 4.11. The number of Topliss-reactive ketones (excluding diaryl/α,β-unsaturated/α-hetero) is 2. The quantitative estimate of drug-likeness (QED) is 0.876. The fourth-order valence-electron chi connectivity index (χ4n) is 2.74. The van der Waals surface area contributed by atoms with Gasteiger partial charge < -0.3 is 9.73 Å². The average molecular weight is 332 g/mol. The summed E-state index contributed by atoms with van der Waals surface area (Å²) in [7, 11) is 0. The Kier molecular flexibility index (Phi) is 4.30. The van der Waals surface area contributed by atoms with Gasteiger partial charge in [-0.2, -0.15) is 0 Å². The number of halogens is 1. The molecule has 1 heterocycles. The van der Waals surface area contributed by atoms with Crippen LogP contribution in [0.4, 0.5) is 5.69 Å². The number of anilines is 1. The van der Waals surface area contributed by atoms with Crippen molar-refractivity contribution in [1.82, 2.24) is 0 Å². The molecule has 118 valence electrons. The van der Waals surface area contributed by atoms with Crippen molar-refractivity contribution in [1.29, 1.82) is 0 Å². The molecule has 0 unspecified atom stereocenters. The summed E-state index contributed by atoms with van der Waals surface area (Å²) >= 11 is 5.78. The second kappa shape index (κ2) is 6.38. The molecule has 3 rings (SSSR count). The number of rotatable bonds is 3. The molecule has 0 atom stereocenters. The van der Waals surface area contributed by atoms with E-state index in [1.54, 1.807) is 36.4 Å². The van der Waals surface area contributed by atoms with Crippen LogP contribution in [0.2, 0.25) is 5.02 Å². The van der Waals surface area contributed by atoms with E-state index in [1.807, 2.05) is 0 Å². The largest absolute Gasteiger partial charge is 0.469 e. The van der Waals surface area contributed by atoms with E-state index in [9.17, 15) is 14.4 Å². The second-order valence-corrected chi connectivity index (χ2v) is 5.92. The normalized spacial score (nSPS) is 21.3. The molecule has 0 saturated heterocycles. The lowest BCUT2D eigenvalue weighted by atomic mass is 9.78. The molecular weight excluding hydrogens is 318 g/mol. The zero-order valence-corrected chi connectivity index (χ0v) is 12.9. The summed E-state index contributed by atoms with van der Waals surface area (Å²) in [6.45, 7) is 0. The van der Waals surface area contributed by atoms with Gasteiger partial charge in [0.05, 0.1) is 6.26 Å². The van der Waals surface area contributed by atoms with Crippen molar-refractivity contribution >= 4 is 34.8 Å². The molecule has 1 N–H and O–H groups in total. The van der Waals surface area contributed by atoms with E-state index in [4.69, 9.17) is 16.0 Å². The number of amides is 1. The number of ketones is 2. The molecule has 6 heteroatoms. The van der Waals surface area contributed by atoms with E-state index < -0.39 is 11.8 Å². The molecule has 1 aromatic carbocycles. The molecule has 1 saturated carbocycles. The van der Waals surface area contributed by atoms with Crippen LogP contribution in [-0.4, -0.2) is 17.5 Å². The first-order valence-electron chi connectivity index (χ1n) is 7.20. The molecule has 0 bridgehead atoms. The number of nitrogens with one attached hydrogen (secondary N) is 1. The Morgan fingerprint density at radius 3 is 2.30 bits per heavy atom. The van der Waals surface area contributed by atoms with Crippen molar-refractivity contribution in [2.45, 2.75) is 18.8 Å². The van der Waals surface area contributed by atoms with E-state index in [1.165, 1.54) is 6.26 Å². The Morgan fingerprint density at radius 1 is 1.09 bits per heavy atom. The molecule has 1 amide bonds. The van der Waals surface area contributed by atoms with Gasteiger partial charge in [-0.05, 0) is 36.4 Å². The molecule has 23 heavy (non-hydrogen) atoms. The van der Waals surface area contributed by atoms with Crippen molar-refractivity contribution in [3.63, 3.8) is 0 Å². The molecular formula is C17H14ClNO4. The van der Waals surface area contributed by atoms with E-state index in [0.717, 1.165) is 0 Å². The van der Waals surface area contributed by atoms with Crippen LogP contribution in [0.25, 0.3) is 0 Å². The highest BCUT2D eigenvalue weighted by Crippen LogP contribution is 2.32. The predicted octanol–water partition coefficient (Wildman–Crippen LogP) is 3.20. The molecule has 1 fully saturated rings. The van der Waals surface area contributed by atoms with Crippen molar-refractivity contribution in [2.24, 2.45) is 5.92 Å². The van der Waals surface area contributed by atoms with E-state index in [2.05, 4.69) is 5.32 Å². The fraction of sp³-hybridized carbons (Fsp3) is 0.235. The molecule has 1 aliphatic carbocycles. The number of furan rings is 1. The Hall–Kier alpha value is -2.40. The predicted molar refractivity (Wildman–Crippen MR) is 84.3 cm³/mol. The third kappa shape index (κ3) is 3.35. The maximum Gasteiger partial charge on any atom is 0.242 e. The van der Waals surface area contributed by atoms with Crippen LogP contribution in [0.3, 0.4) is 0 Å². The minimum atomic E-state index is -1.25. The zero-order chi connectivity index (χ0) is 16.4. The topological polar surface area (TPSA) is 76.4 Å². The maximum atomic E-state index is 12.3. The van der Waals surface area contributed by atoms with Gasteiger partial charge in [0.25, 0.3) is 0 Å². The first-order valence-corrected chi connectivity index (χ1v) is 7.57. The minimum absolute atomic E-state index is 0.123. The Bertz CT molecular complexity index is 718. The summed E-state index contributed by atoms with van der Waals surface area (Å²) < 4.78 is 5.25. The maximum absolute atomic E-state index is 12.3. The van der Waals surface area contributed by atoms with Crippen molar-refractivity contribution < 1.29 is 18.8 Å². The van der Waals surface area contributed by atoms with Crippen molar-refractivity contribution in [3.05, 3.63) is 53.4 Å². The summed E-state index contributed by atoms with van der Waals surface area (Å²) in [5.41, 5.74) is 0.494. The highest BCUT2D eigenvalue weighted by Gasteiger charge is 2.41. The highest BCUT2D eigenvalue weighted by atomic mass is 35.5. The summed E-state index contributed by atoms with van der Waals surface area (Å²) in [6.07, 6.45) is 1.75. The summed E-state index contributed by atoms with van der Waals surface area (Å²) in [5.74, 6) is -2.30. The number of hydrogen-bond acceptors (Lipinski definition) is 4. The molecule has 0 aliphatic heterocycles. The highest BCUT2D eigenvalue weighted by molar-refractivity contribution is 6.30. The van der Waals surface area contributed by atoms with Crippen LogP contribution in [-0.2, 0) is 14.4 Å². The smallest absolute Gasteiger partial charge is 0.242 e. The molecule has 5 nitrogen and oxygen atoms in total. The van der Waals surface area contributed by atoms with Crippen molar-refractivity contribution in [2.75, 3.05) is 5.32 Å². The van der Waals surface area contributed by atoms with Gasteiger partial charge in [0, 0.05) is 29.5 Å². The number of carbonyl (C=O) groups excluding carboxylic acids is 3. The summed E-state index contributed by atoms with van der Waals surface area (Å²) in [5, 5.41) is 3.12. The lowest BCUT2D eigenvalue weighted by molar-refractivity contribution is -0.141. The SMILES string of the molecule is O=C1CC(c2ccco2)CC(=O)C1C(=O)Nc1ccc(Cl)cc1. The second-order valence-electron chi connectivity index (χ2n) is 5.48. The standard InChI is InChI=1S/C17H14ClNO4/c18-11-3-5-12(6-4-11)19-17(22)16-13(20)8-10(9-14(16)21)15-2-1-7-23-15/h1-7,10,16H,8-9H2,(H,19,22). The Morgan fingerprint density at radius 2 is 1.74 bits per heavy atom. The number of carbonyl (C=O) groups is 3. The first kappa shape index (κ1) is 15.5. The fourth-order valence-corrected chi connectivity index (χ4v) is 2.86. The lowest BCUT2D eigenvalue weighted by Gasteiger charge is -2.24. The van der Waals surface area contributed by atoms with Crippen LogP contribution in [0.5, 0.6) is 0 Å². The van der Waals surface area contributed by atoms with Crippen LogP contribution in [0.15, 0.2) is 47.1 Å². The number of hydrogen-bond donors (Lipinski definition) is 1. The first-order chi connectivity index (χ1) is 11.0. The monoisotopic (exact) mass is 331 g/mol. The summed E-state index contributed by atoms with van der Waals surface area (Å²) in [4.78, 5) is 36.8. The van der Waals surface area contributed by atoms with Crippen LogP contribution in [0.1, 0.15) is 24.5 Å². The van der Waals surface area contributed by atoms with Gasteiger partial charge in [0.15, 0.2) is 17.5 Å². The van der Waals surface area contributed by atoms with Crippen LogP contribution < -0.4 is 5.32 Å². The van der Waals surface area contributed by atoms with E-state index in [-0.39, 0.29) is 30.3 Å². The third-order valence-electron chi connectivity index (χ3n) is 3.86. The molecule has 2 aromatic rings.